The molecule has 1 atom stereocenters. The van der Waals surface area contributed by atoms with Crippen molar-refractivity contribution in [1.82, 2.24) is 10.3 Å². The van der Waals surface area contributed by atoms with Crippen molar-refractivity contribution in [1.29, 1.82) is 0 Å². The maximum absolute atomic E-state index is 5.38. The molecule has 2 heteroatoms. The van der Waals surface area contributed by atoms with Gasteiger partial charge in [-0.3, -0.25) is 10.3 Å². The molecule has 1 rings (SSSR count). The van der Waals surface area contributed by atoms with Crippen molar-refractivity contribution in [2.24, 2.45) is 0 Å². The lowest BCUT2D eigenvalue weighted by Crippen LogP contribution is -2.20. The largest absolute Gasteiger partial charge is 0.299 e. The number of rotatable bonds is 3. The van der Waals surface area contributed by atoms with Gasteiger partial charge in [0.1, 0.15) is 6.04 Å². The van der Waals surface area contributed by atoms with E-state index in [0.717, 1.165) is 17.8 Å². The molecule has 0 fully saturated rings. The van der Waals surface area contributed by atoms with E-state index in [0.29, 0.717) is 0 Å². The Labute approximate surface area is 79.4 Å². The Morgan fingerprint density at radius 1 is 1.62 bits per heavy atom. The highest BCUT2D eigenvalue weighted by molar-refractivity contribution is 5.21. The Balaban J connectivity index is 2.81. The summed E-state index contributed by atoms with van der Waals surface area (Å²) < 4.78 is 0. The lowest BCUT2D eigenvalue weighted by molar-refractivity contribution is 0.649. The van der Waals surface area contributed by atoms with Crippen LogP contribution in [0, 0.1) is 19.3 Å². The standard InChI is InChI=1S/C11H14N2/c1-4-10(12-5-2)11-7-6-9(3)8-13-11/h1,6-8,10,12H,5H2,2-3H3. The van der Waals surface area contributed by atoms with E-state index in [4.69, 9.17) is 6.42 Å². The summed E-state index contributed by atoms with van der Waals surface area (Å²) in [6.45, 7) is 4.89. The van der Waals surface area contributed by atoms with Crippen LogP contribution in [0.2, 0.25) is 0 Å². The first-order valence-electron chi connectivity index (χ1n) is 4.40. The Bertz CT molecular complexity index is 295. The number of nitrogens with one attached hydrogen (secondary N) is 1. The van der Waals surface area contributed by atoms with E-state index in [1.54, 1.807) is 0 Å². The van der Waals surface area contributed by atoms with Gasteiger partial charge in [-0.25, -0.2) is 0 Å². The highest BCUT2D eigenvalue weighted by Crippen LogP contribution is 2.08. The van der Waals surface area contributed by atoms with Crippen molar-refractivity contribution in [3.05, 3.63) is 29.6 Å². The summed E-state index contributed by atoms with van der Waals surface area (Å²) in [5.74, 6) is 2.67. The van der Waals surface area contributed by atoms with Gasteiger partial charge in [0.15, 0.2) is 0 Å². The van der Waals surface area contributed by atoms with Gasteiger partial charge in [0.25, 0.3) is 0 Å². The van der Waals surface area contributed by atoms with Gasteiger partial charge in [0, 0.05) is 6.20 Å². The van der Waals surface area contributed by atoms with E-state index in [-0.39, 0.29) is 6.04 Å². The summed E-state index contributed by atoms with van der Waals surface area (Å²) in [5, 5.41) is 3.17. The molecule has 0 aliphatic rings. The van der Waals surface area contributed by atoms with Crippen molar-refractivity contribution in [2.75, 3.05) is 6.54 Å². The second-order valence-corrected chi connectivity index (χ2v) is 2.92. The topological polar surface area (TPSA) is 24.9 Å². The third-order valence-corrected chi connectivity index (χ3v) is 1.80. The van der Waals surface area contributed by atoms with E-state index in [2.05, 4.69) is 16.2 Å². The molecule has 0 aliphatic carbocycles. The fraction of sp³-hybridized carbons (Fsp3) is 0.364. The van der Waals surface area contributed by atoms with Gasteiger partial charge in [-0.2, -0.15) is 0 Å². The summed E-state index contributed by atoms with van der Waals surface area (Å²) in [6, 6.07) is 3.91. The first-order chi connectivity index (χ1) is 6.27. The van der Waals surface area contributed by atoms with Crippen molar-refractivity contribution in [2.45, 2.75) is 19.9 Å². The van der Waals surface area contributed by atoms with Crippen LogP contribution in [-0.4, -0.2) is 11.5 Å². The third-order valence-electron chi connectivity index (χ3n) is 1.80. The lowest BCUT2D eigenvalue weighted by atomic mass is 10.2. The molecule has 0 aliphatic heterocycles. The van der Waals surface area contributed by atoms with Gasteiger partial charge in [-0.15, -0.1) is 6.42 Å². The Morgan fingerprint density at radius 2 is 2.38 bits per heavy atom. The lowest BCUT2D eigenvalue weighted by Gasteiger charge is -2.10. The molecule has 13 heavy (non-hydrogen) atoms. The zero-order valence-electron chi connectivity index (χ0n) is 8.04. The van der Waals surface area contributed by atoms with E-state index in [1.807, 2.05) is 32.2 Å². The quantitative estimate of drug-likeness (QED) is 0.705. The van der Waals surface area contributed by atoms with E-state index in [9.17, 15) is 0 Å². The molecule has 0 spiro atoms. The number of nitrogens with zero attached hydrogens (tertiary/aromatic N) is 1. The Kier molecular flexibility index (Phi) is 3.48. The molecule has 2 nitrogen and oxygen atoms in total. The molecule has 68 valence electrons. The number of hydrogen-bond donors (Lipinski definition) is 1. The van der Waals surface area contributed by atoms with Crippen molar-refractivity contribution in [3.8, 4) is 12.3 Å². The number of aryl methyl sites for hydroxylation is 1. The Hall–Kier alpha value is -1.33. The number of pyridine rings is 1. The fourth-order valence-corrected chi connectivity index (χ4v) is 1.10. The van der Waals surface area contributed by atoms with Gasteiger partial charge in [0.2, 0.25) is 0 Å². The van der Waals surface area contributed by atoms with Crippen LogP contribution < -0.4 is 5.32 Å². The highest BCUT2D eigenvalue weighted by Gasteiger charge is 2.06. The molecule has 0 aromatic carbocycles. The number of aromatic nitrogens is 1. The second kappa shape index (κ2) is 4.64. The third kappa shape index (κ3) is 2.57. The average Bonchev–Trinajstić information content (AvgIpc) is 2.16. The molecule has 0 radical (unpaired) electrons. The maximum Gasteiger partial charge on any atom is 0.111 e. The van der Waals surface area contributed by atoms with Crippen molar-refractivity contribution >= 4 is 0 Å². The van der Waals surface area contributed by atoms with Crippen LogP contribution in [0.4, 0.5) is 0 Å². The number of terminal acetylenes is 1. The molecule has 1 unspecified atom stereocenters. The van der Waals surface area contributed by atoms with Gasteiger partial charge in [-0.05, 0) is 25.1 Å². The normalized spacial score (nSPS) is 12.1. The minimum atomic E-state index is -0.0643. The zero-order chi connectivity index (χ0) is 9.68. The molecule has 1 aromatic rings. The Morgan fingerprint density at radius 3 is 2.85 bits per heavy atom. The van der Waals surface area contributed by atoms with Crippen LogP contribution in [0.3, 0.4) is 0 Å². The summed E-state index contributed by atoms with van der Waals surface area (Å²) >= 11 is 0. The molecule has 1 N–H and O–H groups in total. The summed E-state index contributed by atoms with van der Waals surface area (Å²) in [7, 11) is 0. The maximum atomic E-state index is 5.38. The minimum Gasteiger partial charge on any atom is -0.299 e. The van der Waals surface area contributed by atoms with Gasteiger partial charge in [0.05, 0.1) is 5.69 Å². The molecule has 1 heterocycles. The first kappa shape index (κ1) is 9.76. The number of hydrogen-bond acceptors (Lipinski definition) is 2. The smallest absolute Gasteiger partial charge is 0.111 e. The molecular formula is C11H14N2. The first-order valence-corrected chi connectivity index (χ1v) is 4.40. The monoisotopic (exact) mass is 174 g/mol. The highest BCUT2D eigenvalue weighted by atomic mass is 14.9. The van der Waals surface area contributed by atoms with Gasteiger partial charge < -0.3 is 0 Å². The van der Waals surface area contributed by atoms with Crippen LogP contribution in [0.25, 0.3) is 0 Å². The van der Waals surface area contributed by atoms with Gasteiger partial charge >= 0.3 is 0 Å². The van der Waals surface area contributed by atoms with Crippen LogP contribution in [0.5, 0.6) is 0 Å². The minimum absolute atomic E-state index is 0.0643. The molecule has 0 saturated heterocycles. The predicted octanol–water partition coefficient (Wildman–Crippen LogP) is 1.67. The summed E-state index contributed by atoms with van der Waals surface area (Å²) in [6.07, 6.45) is 7.21. The van der Waals surface area contributed by atoms with Crippen LogP contribution in [0.15, 0.2) is 18.3 Å². The van der Waals surface area contributed by atoms with Gasteiger partial charge in [-0.1, -0.05) is 18.9 Å². The molecule has 1 aromatic heterocycles. The average molecular weight is 174 g/mol. The van der Waals surface area contributed by atoms with Crippen LogP contribution >= 0.6 is 0 Å². The molecule has 0 bridgehead atoms. The van der Waals surface area contributed by atoms with E-state index < -0.39 is 0 Å². The van der Waals surface area contributed by atoms with Crippen LogP contribution in [-0.2, 0) is 0 Å². The second-order valence-electron chi connectivity index (χ2n) is 2.92. The molecular weight excluding hydrogens is 160 g/mol. The van der Waals surface area contributed by atoms with Crippen molar-refractivity contribution in [3.63, 3.8) is 0 Å². The van der Waals surface area contributed by atoms with Crippen molar-refractivity contribution < 1.29 is 0 Å². The van der Waals surface area contributed by atoms with E-state index in [1.165, 1.54) is 0 Å². The predicted molar refractivity (Wildman–Crippen MR) is 54.2 cm³/mol. The summed E-state index contributed by atoms with van der Waals surface area (Å²) in [5.41, 5.74) is 2.06. The zero-order valence-corrected chi connectivity index (χ0v) is 8.04. The summed E-state index contributed by atoms with van der Waals surface area (Å²) in [4.78, 5) is 4.26. The van der Waals surface area contributed by atoms with E-state index >= 15 is 0 Å². The fourth-order valence-electron chi connectivity index (χ4n) is 1.10. The molecule has 0 amide bonds. The SMILES string of the molecule is C#CC(NCC)c1ccc(C)cn1. The molecule has 0 saturated carbocycles. The van der Waals surface area contributed by atoms with Crippen LogP contribution in [0.1, 0.15) is 24.2 Å².